The highest BCUT2D eigenvalue weighted by Gasteiger charge is 2.44. The van der Waals surface area contributed by atoms with Gasteiger partial charge in [-0.2, -0.15) is 4.98 Å². The highest BCUT2D eigenvalue weighted by Crippen LogP contribution is 2.51. The van der Waals surface area contributed by atoms with Crippen molar-refractivity contribution in [1.82, 2.24) is 14.6 Å². The van der Waals surface area contributed by atoms with E-state index in [0.717, 1.165) is 24.1 Å². The molecule has 1 saturated carbocycles. The van der Waals surface area contributed by atoms with Crippen molar-refractivity contribution in [1.29, 1.82) is 0 Å². The molecule has 3 atom stereocenters. The lowest BCUT2D eigenvalue weighted by atomic mass is 10.1. The number of rotatable bonds is 8. The zero-order valence-corrected chi connectivity index (χ0v) is 18.9. The van der Waals surface area contributed by atoms with Gasteiger partial charge < -0.3 is 29.7 Å². The molecule has 1 saturated heterocycles. The normalized spacial score (nSPS) is 24.7. The van der Waals surface area contributed by atoms with E-state index < -0.39 is 19.5 Å². The number of halogens is 1. The van der Waals surface area contributed by atoms with E-state index in [4.69, 9.17) is 21.1 Å². The average Bonchev–Trinajstić information content (AvgIpc) is 3.45. The van der Waals surface area contributed by atoms with Crippen LogP contribution in [0.2, 0.25) is 5.28 Å². The van der Waals surface area contributed by atoms with E-state index in [1.807, 2.05) is 12.1 Å². The molecule has 0 aromatic carbocycles. The number of hydrogen-bond donors (Lipinski definition) is 4. The molecule has 2 aliphatic rings. The summed E-state index contributed by atoms with van der Waals surface area (Å²) >= 11 is 6.19. The van der Waals surface area contributed by atoms with Gasteiger partial charge in [0.1, 0.15) is 11.6 Å². The third-order valence-electron chi connectivity index (χ3n) is 6.14. The Kier molecular flexibility index (Phi) is 6.61. The van der Waals surface area contributed by atoms with E-state index >= 15 is 0 Å². The van der Waals surface area contributed by atoms with Crippen LogP contribution in [-0.4, -0.2) is 60.2 Å². The Bertz CT molecular complexity index is 978. The highest BCUT2D eigenvalue weighted by atomic mass is 35.5. The number of aliphatic hydroxyl groups excluding tert-OH is 1. The van der Waals surface area contributed by atoms with Crippen LogP contribution in [-0.2, 0) is 14.0 Å². The number of nitrogens with one attached hydrogen (secondary N) is 1. The van der Waals surface area contributed by atoms with Crippen LogP contribution in [0.1, 0.15) is 57.2 Å². The van der Waals surface area contributed by atoms with Crippen LogP contribution in [0.4, 0.5) is 5.82 Å². The molecule has 1 aliphatic heterocycles. The van der Waals surface area contributed by atoms with Crippen molar-refractivity contribution < 1.29 is 28.9 Å². The molecule has 0 spiro atoms. The predicted octanol–water partition coefficient (Wildman–Crippen LogP) is 2.86. The molecule has 3 heterocycles. The molecule has 0 radical (unpaired) electrons. The van der Waals surface area contributed by atoms with Crippen LogP contribution in [0, 0.1) is 0 Å². The quantitative estimate of drug-likeness (QED) is 0.425. The van der Waals surface area contributed by atoms with Gasteiger partial charge in [0.15, 0.2) is 11.2 Å². The molecule has 1 aliphatic carbocycles. The summed E-state index contributed by atoms with van der Waals surface area (Å²) in [6, 6.07) is 4.25. The number of nitrogens with zero attached hydrogens (tertiary/aromatic N) is 3. The van der Waals surface area contributed by atoms with Gasteiger partial charge in [0.05, 0.1) is 25.0 Å². The van der Waals surface area contributed by atoms with Crippen LogP contribution >= 0.6 is 19.2 Å². The fourth-order valence-electron chi connectivity index (χ4n) is 4.14. The second kappa shape index (κ2) is 8.94. The van der Waals surface area contributed by atoms with Gasteiger partial charge in [-0.05, 0) is 56.3 Å². The molecule has 4 rings (SSSR count). The summed E-state index contributed by atoms with van der Waals surface area (Å²) in [5, 5.41) is 15.4. The van der Waals surface area contributed by atoms with E-state index in [0.29, 0.717) is 24.7 Å². The molecular weight excluding hydrogens is 447 g/mol. The topological polar surface area (TPSA) is 138 Å². The molecule has 0 amide bonds. The molecule has 2 fully saturated rings. The largest absolute Gasteiger partial charge is 0.393 e. The van der Waals surface area contributed by atoms with E-state index in [1.54, 1.807) is 4.52 Å². The van der Waals surface area contributed by atoms with Crippen LogP contribution in [0.3, 0.4) is 0 Å². The van der Waals surface area contributed by atoms with Crippen molar-refractivity contribution in [3.63, 3.8) is 0 Å². The van der Waals surface area contributed by atoms with Crippen LogP contribution in [0.25, 0.3) is 5.52 Å². The summed E-state index contributed by atoms with van der Waals surface area (Å²) in [5.41, 5.74) is 1.65. The van der Waals surface area contributed by atoms with Gasteiger partial charge in [-0.3, -0.25) is 4.57 Å². The minimum atomic E-state index is -4.63. The number of fused-ring (bicyclic) bond motifs is 1. The van der Waals surface area contributed by atoms with Gasteiger partial charge in [-0.1, -0.05) is 12.8 Å². The highest BCUT2D eigenvalue weighted by molar-refractivity contribution is 7.53. The van der Waals surface area contributed by atoms with Gasteiger partial charge >= 0.3 is 7.60 Å². The smallest absolute Gasteiger partial charge is 0.359 e. The van der Waals surface area contributed by atoms with E-state index in [1.165, 1.54) is 19.8 Å². The van der Waals surface area contributed by atoms with Gasteiger partial charge in [-0.15, -0.1) is 5.10 Å². The number of anilines is 1. The van der Waals surface area contributed by atoms with Gasteiger partial charge in [0, 0.05) is 6.04 Å². The molecule has 4 N–H and O–H groups in total. The standard InChI is InChI=1S/C19H28ClN4O6P/c1-19(11-25,31(26,27)28)29-10-13-6-9-16(30-13)14-7-8-15-17(21-12-4-2-3-5-12)22-18(20)23-24(14)15/h7-8,12-13,16,25H,2-6,9-11H2,1H3,(H,21,22,23)(H2,26,27,28)/t13?,16-,19?/m1/s1. The van der Waals surface area contributed by atoms with Crippen LogP contribution < -0.4 is 5.32 Å². The monoisotopic (exact) mass is 474 g/mol. The van der Waals surface area contributed by atoms with Crippen molar-refractivity contribution in [3.8, 4) is 0 Å². The second-order valence-corrected chi connectivity index (χ2v) is 10.8. The van der Waals surface area contributed by atoms with E-state index in [9.17, 15) is 19.5 Å². The Hall–Kier alpha value is -1.26. The van der Waals surface area contributed by atoms with Crippen molar-refractivity contribution >= 4 is 30.5 Å². The molecule has 10 nitrogen and oxygen atoms in total. The van der Waals surface area contributed by atoms with Crippen LogP contribution in [0.5, 0.6) is 0 Å². The van der Waals surface area contributed by atoms with Gasteiger partial charge in [0.25, 0.3) is 0 Å². The minimum Gasteiger partial charge on any atom is -0.393 e. The molecule has 0 bridgehead atoms. The first-order valence-electron chi connectivity index (χ1n) is 10.5. The fraction of sp³-hybridized carbons (Fsp3) is 0.684. The molecule has 2 aromatic rings. The summed E-state index contributed by atoms with van der Waals surface area (Å²) in [6.45, 7) is 0.369. The summed E-state index contributed by atoms with van der Waals surface area (Å²) in [6.07, 6.45) is 5.33. The third-order valence-corrected chi connectivity index (χ3v) is 7.80. The lowest BCUT2D eigenvalue weighted by Gasteiger charge is -2.29. The second-order valence-electron chi connectivity index (χ2n) is 8.42. The van der Waals surface area contributed by atoms with Crippen molar-refractivity contribution in [2.24, 2.45) is 0 Å². The molecule has 12 heteroatoms. The SMILES string of the molecule is CC(CO)(OCC1CC[C@H](c2ccc3c(NC4CCCC4)nc(Cl)nn23)O1)P(=O)(O)O. The van der Waals surface area contributed by atoms with Crippen LogP contribution in [0.15, 0.2) is 12.1 Å². The van der Waals surface area contributed by atoms with Crippen molar-refractivity contribution in [2.75, 3.05) is 18.5 Å². The number of ether oxygens (including phenoxy) is 2. The summed E-state index contributed by atoms with van der Waals surface area (Å²) < 4.78 is 24.8. The zero-order valence-electron chi connectivity index (χ0n) is 17.3. The maximum atomic E-state index is 11.6. The van der Waals surface area contributed by atoms with E-state index in [2.05, 4.69) is 15.4 Å². The van der Waals surface area contributed by atoms with Crippen molar-refractivity contribution in [3.05, 3.63) is 23.1 Å². The summed E-state index contributed by atoms with van der Waals surface area (Å²) in [4.78, 5) is 23.2. The Morgan fingerprint density at radius 2 is 2.06 bits per heavy atom. The van der Waals surface area contributed by atoms with Crippen molar-refractivity contribution in [2.45, 2.75) is 69.0 Å². The minimum absolute atomic E-state index is 0.0355. The Morgan fingerprint density at radius 1 is 1.32 bits per heavy atom. The van der Waals surface area contributed by atoms with Gasteiger partial charge in [-0.25, -0.2) is 4.52 Å². The molecule has 2 unspecified atom stereocenters. The Morgan fingerprint density at radius 3 is 2.74 bits per heavy atom. The molecule has 172 valence electrons. The predicted molar refractivity (Wildman–Crippen MR) is 114 cm³/mol. The molecule has 31 heavy (non-hydrogen) atoms. The molecule has 2 aromatic heterocycles. The number of hydrogen-bond acceptors (Lipinski definition) is 7. The fourth-order valence-corrected chi connectivity index (χ4v) is 4.73. The average molecular weight is 475 g/mol. The lowest BCUT2D eigenvalue weighted by Crippen LogP contribution is -2.35. The first kappa shape index (κ1) is 22.9. The summed E-state index contributed by atoms with van der Waals surface area (Å²) in [5.74, 6) is 0.705. The number of aliphatic hydroxyl groups is 1. The maximum Gasteiger partial charge on any atom is 0.359 e. The van der Waals surface area contributed by atoms with E-state index in [-0.39, 0.29) is 24.1 Å². The first-order valence-corrected chi connectivity index (χ1v) is 12.5. The Labute approximate surface area is 185 Å². The first-order chi connectivity index (χ1) is 14.7. The molecular formula is C19H28ClN4O6P. The third kappa shape index (κ3) is 4.75. The maximum absolute atomic E-state index is 11.6. The van der Waals surface area contributed by atoms with Gasteiger partial charge in [0.2, 0.25) is 5.28 Å². The Balaban J connectivity index is 1.47. The zero-order chi connectivity index (χ0) is 22.2. The lowest BCUT2D eigenvalue weighted by molar-refractivity contribution is -0.0769. The summed E-state index contributed by atoms with van der Waals surface area (Å²) in [7, 11) is -4.63. The number of aromatic nitrogens is 3.